The van der Waals surface area contributed by atoms with E-state index in [0.29, 0.717) is 5.92 Å². The zero-order chi connectivity index (χ0) is 26.3. The van der Waals surface area contributed by atoms with Crippen LogP contribution >= 0.6 is 23.2 Å². The Morgan fingerprint density at radius 2 is 1.68 bits per heavy atom. The molecule has 1 aliphatic heterocycles. The molecule has 1 amide bonds. The summed E-state index contributed by atoms with van der Waals surface area (Å²) in [5.41, 5.74) is 1.05. The van der Waals surface area contributed by atoms with Gasteiger partial charge in [-0.25, -0.2) is 14.3 Å². The van der Waals surface area contributed by atoms with E-state index in [-0.39, 0.29) is 38.6 Å². The number of likely N-dealkylation sites (tertiary alicyclic amines) is 1. The van der Waals surface area contributed by atoms with Gasteiger partial charge in [-0.05, 0) is 48.6 Å². The van der Waals surface area contributed by atoms with Gasteiger partial charge in [-0.3, -0.25) is 14.2 Å². The Hall–Kier alpha value is -3.69. The molecule has 0 radical (unpaired) electrons. The summed E-state index contributed by atoms with van der Waals surface area (Å²) in [7, 11) is 1.52. The number of carbonyl (C=O) groups is 1. The van der Waals surface area contributed by atoms with Crippen molar-refractivity contribution in [1.82, 2.24) is 24.0 Å². The first-order valence-electron chi connectivity index (χ1n) is 11.8. The highest BCUT2D eigenvalue weighted by molar-refractivity contribution is 6.37. The largest absolute Gasteiger partial charge is 0.343 e. The van der Waals surface area contributed by atoms with Gasteiger partial charge >= 0.3 is 5.69 Å². The summed E-state index contributed by atoms with van der Waals surface area (Å²) < 4.78 is 2.20. The Kier molecular flexibility index (Phi) is 6.74. The van der Waals surface area contributed by atoms with Gasteiger partial charge < -0.3 is 10.2 Å². The van der Waals surface area contributed by atoms with Crippen molar-refractivity contribution in [3.63, 3.8) is 0 Å². The number of nitrogens with one attached hydrogen (secondary N) is 1. The molecular formula is C26H24Cl2N6O3. The van der Waals surface area contributed by atoms with Crippen molar-refractivity contribution in [2.24, 2.45) is 7.05 Å². The summed E-state index contributed by atoms with van der Waals surface area (Å²) in [4.78, 5) is 48.5. The predicted octanol–water partition coefficient (Wildman–Crippen LogP) is 4.26. The van der Waals surface area contributed by atoms with Crippen LogP contribution in [0.25, 0.3) is 16.7 Å². The zero-order valence-electron chi connectivity index (χ0n) is 20.2. The Morgan fingerprint density at radius 1 is 1.03 bits per heavy atom. The van der Waals surface area contributed by atoms with E-state index in [1.165, 1.54) is 23.4 Å². The second kappa shape index (κ2) is 9.99. The molecule has 37 heavy (non-hydrogen) atoms. The van der Waals surface area contributed by atoms with Gasteiger partial charge in [0.1, 0.15) is 5.39 Å². The van der Waals surface area contributed by atoms with E-state index in [1.807, 2.05) is 17.0 Å². The van der Waals surface area contributed by atoms with Crippen LogP contribution in [-0.2, 0) is 11.8 Å². The van der Waals surface area contributed by atoms with Crippen LogP contribution in [0, 0.1) is 0 Å². The number of benzene rings is 2. The molecule has 1 N–H and O–H groups in total. The number of aryl methyl sites for hydroxylation is 1. The predicted molar refractivity (Wildman–Crippen MR) is 144 cm³/mol. The molecule has 2 aromatic heterocycles. The van der Waals surface area contributed by atoms with E-state index in [1.54, 1.807) is 25.1 Å². The van der Waals surface area contributed by atoms with Gasteiger partial charge in [0.2, 0.25) is 11.9 Å². The van der Waals surface area contributed by atoms with Gasteiger partial charge in [-0.1, -0.05) is 41.4 Å². The molecule has 3 heterocycles. The first kappa shape index (κ1) is 25.0. The maximum absolute atomic E-state index is 13.2. The number of piperidine rings is 1. The molecule has 0 saturated carbocycles. The van der Waals surface area contributed by atoms with Crippen molar-refractivity contribution in [2.45, 2.75) is 25.7 Å². The fourth-order valence-corrected chi connectivity index (χ4v) is 5.25. The normalized spacial score (nSPS) is 14.2. The molecule has 0 bridgehead atoms. The lowest BCUT2D eigenvalue weighted by molar-refractivity contribution is -0.129. The van der Waals surface area contributed by atoms with Crippen molar-refractivity contribution in [3.8, 4) is 5.69 Å². The number of hydrogen-bond acceptors (Lipinski definition) is 6. The SMILES string of the molecule is CC(=O)N1CCC(c2ccc(Nc3ncc4c(=O)n(-c5c(Cl)cccc5Cl)c(=O)n(C)c4n3)cc2)CC1. The number of rotatable bonds is 4. The molecule has 190 valence electrons. The van der Waals surface area contributed by atoms with Crippen molar-refractivity contribution in [2.75, 3.05) is 18.4 Å². The van der Waals surface area contributed by atoms with E-state index < -0.39 is 11.2 Å². The molecule has 0 aliphatic carbocycles. The minimum Gasteiger partial charge on any atom is -0.343 e. The number of fused-ring (bicyclic) bond motifs is 1. The average molecular weight is 539 g/mol. The summed E-state index contributed by atoms with van der Waals surface area (Å²) in [5, 5.41) is 3.64. The Bertz CT molecular complexity index is 1600. The standard InChI is InChI=1S/C26H24Cl2N6O3/c1-15(35)33-12-10-17(11-13-33)16-6-8-18(9-7-16)30-25-29-14-19-23(31-25)32(2)26(37)34(24(19)36)22-20(27)4-3-5-21(22)28/h3-9,14,17H,10-13H2,1-2H3,(H,29,30,31). The Labute approximate surface area is 222 Å². The molecule has 1 saturated heterocycles. The number of carbonyl (C=O) groups excluding carboxylic acids is 1. The van der Waals surface area contributed by atoms with Crippen LogP contribution in [-0.4, -0.2) is 43.0 Å². The smallest absolute Gasteiger partial charge is 0.337 e. The number of para-hydroxylation sites is 1. The number of aromatic nitrogens is 4. The van der Waals surface area contributed by atoms with Crippen molar-refractivity contribution in [1.29, 1.82) is 0 Å². The number of hydrogen-bond donors (Lipinski definition) is 1. The number of halogens is 2. The second-order valence-corrected chi connectivity index (χ2v) is 9.83. The number of anilines is 2. The van der Waals surface area contributed by atoms with Crippen LogP contribution in [0.1, 0.15) is 31.2 Å². The lowest BCUT2D eigenvalue weighted by atomic mass is 9.89. The number of nitrogens with zero attached hydrogens (tertiary/aromatic N) is 5. The monoisotopic (exact) mass is 538 g/mol. The lowest BCUT2D eigenvalue weighted by Gasteiger charge is -2.31. The molecule has 0 spiro atoms. The van der Waals surface area contributed by atoms with Crippen LogP contribution in [0.5, 0.6) is 0 Å². The van der Waals surface area contributed by atoms with Crippen molar-refractivity contribution < 1.29 is 4.79 Å². The van der Waals surface area contributed by atoms with E-state index in [9.17, 15) is 14.4 Å². The third-order valence-electron chi connectivity index (χ3n) is 6.74. The third kappa shape index (κ3) is 4.72. The molecule has 1 aliphatic rings. The van der Waals surface area contributed by atoms with Crippen LogP contribution in [0.2, 0.25) is 10.0 Å². The summed E-state index contributed by atoms with van der Waals surface area (Å²) in [6.07, 6.45) is 3.25. The van der Waals surface area contributed by atoms with Gasteiger partial charge in [0.25, 0.3) is 5.56 Å². The topological polar surface area (TPSA) is 102 Å². The summed E-state index contributed by atoms with van der Waals surface area (Å²) in [6.45, 7) is 3.15. The Balaban J connectivity index is 1.42. The summed E-state index contributed by atoms with van der Waals surface area (Å²) >= 11 is 12.5. The van der Waals surface area contributed by atoms with Gasteiger partial charge in [0.05, 0.1) is 15.7 Å². The van der Waals surface area contributed by atoms with Gasteiger partial charge in [-0.15, -0.1) is 0 Å². The molecule has 11 heteroatoms. The summed E-state index contributed by atoms with van der Waals surface area (Å²) in [5.74, 6) is 0.778. The van der Waals surface area contributed by atoms with Crippen molar-refractivity contribution in [3.05, 3.63) is 85.1 Å². The minimum absolute atomic E-state index is 0.118. The van der Waals surface area contributed by atoms with E-state index in [0.717, 1.165) is 36.2 Å². The average Bonchev–Trinajstić information content (AvgIpc) is 2.89. The highest BCUT2D eigenvalue weighted by Gasteiger charge is 2.22. The third-order valence-corrected chi connectivity index (χ3v) is 7.35. The maximum atomic E-state index is 13.2. The molecule has 5 rings (SSSR count). The van der Waals surface area contributed by atoms with E-state index >= 15 is 0 Å². The molecule has 0 atom stereocenters. The highest BCUT2D eigenvalue weighted by atomic mass is 35.5. The van der Waals surface area contributed by atoms with E-state index in [4.69, 9.17) is 23.2 Å². The first-order chi connectivity index (χ1) is 17.7. The molecule has 4 aromatic rings. The highest BCUT2D eigenvalue weighted by Crippen LogP contribution is 2.29. The first-order valence-corrected chi connectivity index (χ1v) is 12.6. The molecule has 9 nitrogen and oxygen atoms in total. The fourth-order valence-electron chi connectivity index (χ4n) is 4.68. The van der Waals surface area contributed by atoms with Crippen molar-refractivity contribution >= 4 is 51.8 Å². The van der Waals surface area contributed by atoms with Gasteiger partial charge in [0.15, 0.2) is 5.65 Å². The molecule has 0 unspecified atom stereocenters. The zero-order valence-corrected chi connectivity index (χ0v) is 21.8. The summed E-state index contributed by atoms with van der Waals surface area (Å²) in [6, 6.07) is 12.7. The number of amides is 1. The fraction of sp³-hybridized carbons (Fsp3) is 0.269. The molecule has 1 fully saturated rings. The van der Waals surface area contributed by atoms with Gasteiger partial charge in [-0.2, -0.15) is 4.98 Å². The van der Waals surface area contributed by atoms with Crippen LogP contribution in [0.15, 0.2) is 58.3 Å². The maximum Gasteiger partial charge on any atom is 0.337 e. The Morgan fingerprint density at radius 3 is 2.30 bits per heavy atom. The molecular weight excluding hydrogens is 515 g/mol. The molecule has 2 aromatic carbocycles. The van der Waals surface area contributed by atoms with E-state index in [2.05, 4.69) is 27.4 Å². The second-order valence-electron chi connectivity index (χ2n) is 9.01. The van der Waals surface area contributed by atoms with Crippen LogP contribution < -0.4 is 16.6 Å². The van der Waals surface area contributed by atoms with Crippen LogP contribution in [0.3, 0.4) is 0 Å². The lowest BCUT2D eigenvalue weighted by Crippen LogP contribution is -2.38. The van der Waals surface area contributed by atoms with Crippen LogP contribution in [0.4, 0.5) is 11.6 Å². The quantitative estimate of drug-likeness (QED) is 0.416. The minimum atomic E-state index is -0.627. The van der Waals surface area contributed by atoms with Gasteiger partial charge in [0, 0.05) is 38.9 Å².